The van der Waals surface area contributed by atoms with Crippen LogP contribution in [0.2, 0.25) is 0 Å². The minimum Gasteiger partial charge on any atom is -0.358 e. The quantitative estimate of drug-likeness (QED) is 0.739. The van der Waals surface area contributed by atoms with Gasteiger partial charge in [-0.2, -0.15) is 0 Å². The minimum atomic E-state index is 0.962. The number of H-pyrrole nitrogens is 1. The Kier molecular flexibility index (Phi) is 2.92. The summed E-state index contributed by atoms with van der Waals surface area (Å²) in [5.74, 6) is 0. The summed E-state index contributed by atoms with van der Waals surface area (Å²) in [6, 6.07) is 12.4. The second-order valence-electron chi connectivity index (χ2n) is 4.60. The molecule has 0 aliphatic carbocycles. The third kappa shape index (κ3) is 1.95. The maximum Gasteiger partial charge on any atom is 0.0462 e. The fourth-order valence-electron chi connectivity index (χ4n) is 2.49. The van der Waals surface area contributed by atoms with Crippen LogP contribution in [0.4, 0.5) is 0 Å². The van der Waals surface area contributed by atoms with E-state index in [1.165, 1.54) is 22.2 Å². The van der Waals surface area contributed by atoms with Crippen molar-refractivity contribution < 1.29 is 0 Å². The predicted molar refractivity (Wildman–Crippen MR) is 80.0 cm³/mol. The van der Waals surface area contributed by atoms with Crippen LogP contribution in [-0.2, 0) is 6.42 Å². The molecule has 0 atom stereocenters. The van der Waals surface area contributed by atoms with Crippen molar-refractivity contribution in [3.8, 4) is 0 Å². The lowest BCUT2D eigenvalue weighted by Crippen LogP contribution is -1.91. The molecule has 0 aliphatic rings. The molecule has 1 N–H and O–H groups in total. The van der Waals surface area contributed by atoms with E-state index < -0.39 is 0 Å². The van der Waals surface area contributed by atoms with Gasteiger partial charge in [-0.25, -0.2) is 0 Å². The van der Waals surface area contributed by atoms with Gasteiger partial charge in [-0.15, -0.1) is 0 Å². The molecule has 0 bridgehead atoms. The third-order valence-electron chi connectivity index (χ3n) is 3.45. The fourth-order valence-corrected chi connectivity index (χ4v) is 2.49. The first-order valence-corrected chi connectivity index (χ1v) is 6.50. The molecule has 0 spiro atoms. The van der Waals surface area contributed by atoms with Crippen molar-refractivity contribution in [2.24, 2.45) is 0 Å². The van der Waals surface area contributed by atoms with Crippen molar-refractivity contribution in [3.05, 3.63) is 72.2 Å². The van der Waals surface area contributed by atoms with Gasteiger partial charge in [0.15, 0.2) is 0 Å². The number of nitrogens with one attached hydrogen (secondary N) is 1. The van der Waals surface area contributed by atoms with Gasteiger partial charge in [0.2, 0.25) is 0 Å². The Morgan fingerprint density at radius 3 is 2.79 bits per heavy atom. The number of aryl methyl sites for hydroxylation is 1. The smallest absolute Gasteiger partial charge is 0.0462 e. The van der Waals surface area contributed by atoms with E-state index >= 15 is 0 Å². The molecule has 0 fully saturated rings. The first kappa shape index (κ1) is 11.7. The number of aromatic amines is 1. The number of benzene rings is 1. The van der Waals surface area contributed by atoms with Crippen molar-refractivity contribution in [2.75, 3.05) is 0 Å². The fraction of sp³-hybridized carbons (Fsp3) is 0.118. The van der Waals surface area contributed by atoms with E-state index in [0.29, 0.717) is 0 Å². The highest BCUT2D eigenvalue weighted by Gasteiger charge is 2.13. The first-order chi connectivity index (χ1) is 9.31. The van der Waals surface area contributed by atoms with E-state index in [9.17, 15) is 0 Å². The summed E-state index contributed by atoms with van der Waals surface area (Å²) in [6.07, 6.45) is 4.61. The SMILES string of the molecule is C=C(c1cccnc1)c1c(CC)[nH]c2ccccc12. The largest absolute Gasteiger partial charge is 0.358 e. The van der Waals surface area contributed by atoms with Crippen LogP contribution in [0.5, 0.6) is 0 Å². The van der Waals surface area contributed by atoms with Crippen molar-refractivity contribution in [1.82, 2.24) is 9.97 Å². The van der Waals surface area contributed by atoms with E-state index in [2.05, 4.69) is 53.8 Å². The lowest BCUT2D eigenvalue weighted by molar-refractivity contribution is 1.07. The Labute approximate surface area is 112 Å². The van der Waals surface area contributed by atoms with Crippen LogP contribution in [0, 0.1) is 0 Å². The Balaban J connectivity index is 2.21. The predicted octanol–water partition coefficient (Wildman–Crippen LogP) is 4.19. The van der Waals surface area contributed by atoms with E-state index in [0.717, 1.165) is 17.6 Å². The van der Waals surface area contributed by atoms with Crippen LogP contribution in [-0.4, -0.2) is 9.97 Å². The number of fused-ring (bicyclic) bond motifs is 1. The van der Waals surface area contributed by atoms with Gasteiger partial charge in [0, 0.05) is 40.1 Å². The average Bonchev–Trinajstić information content (AvgIpc) is 2.86. The topological polar surface area (TPSA) is 28.7 Å². The highest BCUT2D eigenvalue weighted by atomic mass is 14.7. The summed E-state index contributed by atoms with van der Waals surface area (Å²) in [4.78, 5) is 7.66. The zero-order valence-corrected chi connectivity index (χ0v) is 11.0. The lowest BCUT2D eigenvalue weighted by Gasteiger charge is -2.07. The van der Waals surface area contributed by atoms with E-state index in [1.54, 1.807) is 6.20 Å². The Hall–Kier alpha value is -2.35. The molecule has 0 saturated carbocycles. The van der Waals surface area contributed by atoms with Crippen LogP contribution >= 0.6 is 0 Å². The molecule has 0 aliphatic heterocycles. The summed E-state index contributed by atoms with van der Waals surface area (Å²) >= 11 is 0. The normalized spacial score (nSPS) is 10.8. The number of rotatable bonds is 3. The molecular formula is C17H16N2. The summed E-state index contributed by atoms with van der Waals surface area (Å²) in [6.45, 7) is 6.42. The zero-order chi connectivity index (χ0) is 13.2. The molecule has 19 heavy (non-hydrogen) atoms. The molecular weight excluding hydrogens is 232 g/mol. The molecule has 2 heteroatoms. The molecule has 2 nitrogen and oxygen atoms in total. The van der Waals surface area contributed by atoms with Gasteiger partial charge in [-0.1, -0.05) is 37.8 Å². The van der Waals surface area contributed by atoms with Crippen LogP contribution in [0.1, 0.15) is 23.7 Å². The summed E-state index contributed by atoms with van der Waals surface area (Å²) in [5, 5.41) is 1.23. The van der Waals surface area contributed by atoms with Crippen molar-refractivity contribution in [1.29, 1.82) is 0 Å². The summed E-state index contributed by atoms with van der Waals surface area (Å²) in [5.41, 5.74) is 5.71. The van der Waals surface area contributed by atoms with Crippen molar-refractivity contribution in [3.63, 3.8) is 0 Å². The molecule has 1 aromatic carbocycles. The second-order valence-corrected chi connectivity index (χ2v) is 4.60. The van der Waals surface area contributed by atoms with Gasteiger partial charge in [-0.3, -0.25) is 4.98 Å². The van der Waals surface area contributed by atoms with Crippen LogP contribution in [0.25, 0.3) is 16.5 Å². The highest BCUT2D eigenvalue weighted by molar-refractivity contribution is 5.97. The van der Waals surface area contributed by atoms with E-state index in [-0.39, 0.29) is 0 Å². The van der Waals surface area contributed by atoms with E-state index in [4.69, 9.17) is 0 Å². The summed E-state index contributed by atoms with van der Waals surface area (Å²) < 4.78 is 0. The molecule has 3 rings (SSSR count). The number of nitrogens with zero attached hydrogens (tertiary/aromatic N) is 1. The van der Waals surface area contributed by atoms with Gasteiger partial charge in [-0.05, 0) is 24.1 Å². The minimum absolute atomic E-state index is 0.962. The maximum absolute atomic E-state index is 4.27. The molecule has 0 radical (unpaired) electrons. The van der Waals surface area contributed by atoms with Crippen LogP contribution in [0.3, 0.4) is 0 Å². The van der Waals surface area contributed by atoms with Gasteiger partial charge >= 0.3 is 0 Å². The van der Waals surface area contributed by atoms with Crippen LogP contribution < -0.4 is 0 Å². The molecule has 2 aromatic heterocycles. The maximum atomic E-state index is 4.27. The molecule has 94 valence electrons. The zero-order valence-electron chi connectivity index (χ0n) is 11.0. The number of hydrogen-bond acceptors (Lipinski definition) is 1. The Morgan fingerprint density at radius 2 is 2.05 bits per heavy atom. The number of aromatic nitrogens is 2. The number of pyridine rings is 1. The second kappa shape index (κ2) is 4.73. The standard InChI is InChI=1S/C17H16N2/c1-3-15-17(12(2)13-7-6-10-18-11-13)14-8-4-5-9-16(14)19-15/h4-11,19H,2-3H2,1H3. The van der Waals surface area contributed by atoms with Gasteiger partial charge < -0.3 is 4.98 Å². The summed E-state index contributed by atoms with van der Waals surface area (Å²) in [7, 11) is 0. The van der Waals surface area contributed by atoms with Crippen LogP contribution in [0.15, 0.2) is 55.4 Å². The first-order valence-electron chi connectivity index (χ1n) is 6.50. The molecule has 2 heterocycles. The van der Waals surface area contributed by atoms with Gasteiger partial charge in [0.05, 0.1) is 0 Å². The van der Waals surface area contributed by atoms with Gasteiger partial charge in [0.1, 0.15) is 0 Å². The monoisotopic (exact) mass is 248 g/mol. The molecule has 0 unspecified atom stereocenters. The molecule has 0 saturated heterocycles. The Morgan fingerprint density at radius 1 is 1.21 bits per heavy atom. The van der Waals surface area contributed by atoms with Gasteiger partial charge in [0.25, 0.3) is 0 Å². The third-order valence-corrected chi connectivity index (χ3v) is 3.45. The lowest BCUT2D eigenvalue weighted by atomic mass is 9.97. The van der Waals surface area contributed by atoms with Crippen molar-refractivity contribution in [2.45, 2.75) is 13.3 Å². The number of hydrogen-bond donors (Lipinski definition) is 1. The highest BCUT2D eigenvalue weighted by Crippen LogP contribution is 2.31. The molecule has 0 amide bonds. The number of para-hydroxylation sites is 1. The average molecular weight is 248 g/mol. The van der Waals surface area contributed by atoms with E-state index in [1.807, 2.05) is 12.3 Å². The van der Waals surface area contributed by atoms with Crippen molar-refractivity contribution >= 4 is 16.5 Å². The Bertz CT molecular complexity index is 723. The molecule has 3 aromatic rings.